The van der Waals surface area contributed by atoms with E-state index in [0.29, 0.717) is 6.42 Å². The van der Waals surface area contributed by atoms with Gasteiger partial charge in [0, 0.05) is 5.92 Å². The summed E-state index contributed by atoms with van der Waals surface area (Å²) in [5.74, 6) is -1.06. The maximum Gasteiger partial charge on any atom is 0.411 e. The predicted molar refractivity (Wildman–Crippen MR) is 55.8 cm³/mol. The van der Waals surface area contributed by atoms with Gasteiger partial charge in [-0.05, 0) is 6.42 Å². The molecule has 86 valence electrons. The van der Waals surface area contributed by atoms with Crippen molar-refractivity contribution in [1.29, 1.82) is 0 Å². The van der Waals surface area contributed by atoms with Gasteiger partial charge in [-0.25, -0.2) is 9.59 Å². The minimum absolute atomic E-state index is 0.0845. The smallest absolute Gasteiger partial charge is 0.411 e. The second kappa shape index (κ2) is 4.00. The molecule has 1 N–H and O–H groups in total. The first-order valence-electron chi connectivity index (χ1n) is 5.12. The highest BCUT2D eigenvalue weighted by Gasteiger charge is 2.49. The second-order valence-corrected chi connectivity index (χ2v) is 3.91. The average Bonchev–Trinajstić information content (AvgIpc) is 2.84. The molecule has 2 rings (SSSR count). The Morgan fingerprint density at radius 2 is 2.31 bits per heavy atom. The van der Waals surface area contributed by atoms with Crippen LogP contribution in [0.4, 0.5) is 4.79 Å². The van der Waals surface area contributed by atoms with Crippen LogP contribution in [0, 0.1) is 5.92 Å². The molecule has 3 atom stereocenters. The van der Waals surface area contributed by atoms with Gasteiger partial charge in [0.05, 0.1) is 6.04 Å². The minimum atomic E-state index is -0.979. The van der Waals surface area contributed by atoms with E-state index in [-0.39, 0.29) is 18.6 Å². The summed E-state index contributed by atoms with van der Waals surface area (Å²) in [5, 5.41) is 9.08. The van der Waals surface area contributed by atoms with Crippen LogP contribution in [0.2, 0.25) is 0 Å². The van der Waals surface area contributed by atoms with Gasteiger partial charge in [0.2, 0.25) is 0 Å². The number of carbonyl (C=O) groups is 2. The van der Waals surface area contributed by atoms with Crippen LogP contribution in [0.3, 0.4) is 0 Å². The van der Waals surface area contributed by atoms with Gasteiger partial charge >= 0.3 is 12.1 Å². The molecule has 2 bridgehead atoms. The molecular formula is C11H13NO4. The third kappa shape index (κ3) is 1.58. The maximum atomic E-state index is 11.7. The fraction of sp³-hybridized carbons (Fsp3) is 0.455. The van der Waals surface area contributed by atoms with Crippen LogP contribution in [-0.2, 0) is 9.53 Å². The first kappa shape index (κ1) is 10.7. The summed E-state index contributed by atoms with van der Waals surface area (Å²) in [6, 6.07) is -0.921. The summed E-state index contributed by atoms with van der Waals surface area (Å²) in [5.41, 5.74) is 0. The van der Waals surface area contributed by atoms with E-state index in [2.05, 4.69) is 6.58 Å². The van der Waals surface area contributed by atoms with Crippen LogP contribution < -0.4 is 0 Å². The average molecular weight is 223 g/mol. The van der Waals surface area contributed by atoms with E-state index < -0.39 is 18.1 Å². The molecule has 0 spiro atoms. The van der Waals surface area contributed by atoms with Gasteiger partial charge in [-0.15, -0.1) is 0 Å². The molecule has 16 heavy (non-hydrogen) atoms. The molecule has 0 radical (unpaired) electrons. The molecule has 0 saturated carbocycles. The Morgan fingerprint density at radius 3 is 2.94 bits per heavy atom. The lowest BCUT2D eigenvalue weighted by Gasteiger charge is -2.28. The maximum absolute atomic E-state index is 11.7. The molecule has 1 aliphatic heterocycles. The van der Waals surface area contributed by atoms with Crippen molar-refractivity contribution in [3.8, 4) is 0 Å². The van der Waals surface area contributed by atoms with Crippen molar-refractivity contribution in [2.45, 2.75) is 18.5 Å². The van der Waals surface area contributed by atoms with E-state index in [0.717, 1.165) is 0 Å². The molecule has 2 aliphatic rings. The monoisotopic (exact) mass is 223 g/mol. The number of hydrogen-bond acceptors (Lipinski definition) is 3. The molecule has 1 saturated heterocycles. The first-order valence-corrected chi connectivity index (χ1v) is 5.12. The molecule has 3 unspecified atom stereocenters. The zero-order valence-electron chi connectivity index (χ0n) is 8.70. The summed E-state index contributed by atoms with van der Waals surface area (Å²) in [7, 11) is 0. The number of fused-ring (bicyclic) bond motifs is 2. The zero-order chi connectivity index (χ0) is 11.7. The van der Waals surface area contributed by atoms with Crippen molar-refractivity contribution in [3.63, 3.8) is 0 Å². The molecule has 5 heteroatoms. The first-order chi connectivity index (χ1) is 7.65. The van der Waals surface area contributed by atoms with E-state index in [4.69, 9.17) is 9.84 Å². The van der Waals surface area contributed by atoms with Crippen LogP contribution in [0.15, 0.2) is 24.8 Å². The molecule has 0 aromatic rings. The summed E-state index contributed by atoms with van der Waals surface area (Å²) >= 11 is 0. The third-order valence-corrected chi connectivity index (χ3v) is 2.95. The van der Waals surface area contributed by atoms with Gasteiger partial charge < -0.3 is 9.84 Å². The van der Waals surface area contributed by atoms with Gasteiger partial charge in [-0.2, -0.15) is 0 Å². The van der Waals surface area contributed by atoms with Crippen molar-refractivity contribution in [2.24, 2.45) is 5.92 Å². The molecule has 5 nitrogen and oxygen atoms in total. The van der Waals surface area contributed by atoms with Crippen LogP contribution in [0.1, 0.15) is 6.42 Å². The lowest BCUT2D eigenvalue weighted by molar-refractivity contribution is -0.142. The molecule has 1 fully saturated rings. The molecule has 1 aliphatic carbocycles. The van der Waals surface area contributed by atoms with E-state index >= 15 is 0 Å². The Bertz CT molecular complexity index is 363. The van der Waals surface area contributed by atoms with Crippen molar-refractivity contribution in [1.82, 2.24) is 4.90 Å². The number of carboxylic acids is 1. The lowest BCUT2D eigenvalue weighted by atomic mass is 10.0. The highest BCUT2D eigenvalue weighted by Crippen LogP contribution is 2.37. The van der Waals surface area contributed by atoms with Gasteiger partial charge in [-0.3, -0.25) is 4.90 Å². The Labute approximate surface area is 93.0 Å². The zero-order valence-corrected chi connectivity index (χ0v) is 8.70. The number of carbonyl (C=O) groups excluding carboxylic acids is 1. The number of aliphatic carboxylic acids is 1. The minimum Gasteiger partial charge on any atom is -0.480 e. The standard InChI is InChI=1S/C11H13NO4/c1-2-5-16-11(15)12-8-4-3-7(6-8)9(12)10(13)14/h2-4,7-9H,1,5-6H2,(H,13,14). The Kier molecular flexibility index (Phi) is 2.68. The topological polar surface area (TPSA) is 66.8 Å². The Morgan fingerprint density at radius 1 is 1.56 bits per heavy atom. The molecule has 0 aromatic heterocycles. The second-order valence-electron chi connectivity index (χ2n) is 3.91. The summed E-state index contributed by atoms with van der Waals surface area (Å²) < 4.78 is 4.88. The SMILES string of the molecule is C=CCOC(=O)N1C2C=CC(C2)C1C(=O)O. The van der Waals surface area contributed by atoms with E-state index in [1.165, 1.54) is 11.0 Å². The third-order valence-electron chi connectivity index (χ3n) is 2.95. The number of likely N-dealkylation sites (tertiary alicyclic amines) is 1. The fourth-order valence-electron chi connectivity index (χ4n) is 2.32. The van der Waals surface area contributed by atoms with E-state index in [1.807, 2.05) is 12.2 Å². The van der Waals surface area contributed by atoms with Crippen LogP contribution >= 0.6 is 0 Å². The van der Waals surface area contributed by atoms with Gasteiger partial charge in [0.25, 0.3) is 0 Å². The van der Waals surface area contributed by atoms with Crippen molar-refractivity contribution in [2.75, 3.05) is 6.61 Å². The largest absolute Gasteiger partial charge is 0.480 e. The highest BCUT2D eigenvalue weighted by atomic mass is 16.6. The van der Waals surface area contributed by atoms with Crippen molar-refractivity contribution in [3.05, 3.63) is 24.8 Å². The fourth-order valence-corrected chi connectivity index (χ4v) is 2.32. The number of rotatable bonds is 3. The summed E-state index contributed by atoms with van der Waals surface area (Å²) in [6.45, 7) is 3.54. The molecular weight excluding hydrogens is 210 g/mol. The predicted octanol–water partition coefficient (Wildman–Crippen LogP) is 1.02. The summed E-state index contributed by atoms with van der Waals surface area (Å²) in [6.07, 6.45) is 5.28. The molecule has 0 aromatic carbocycles. The van der Waals surface area contributed by atoms with E-state index in [9.17, 15) is 9.59 Å². The highest BCUT2D eigenvalue weighted by molar-refractivity contribution is 5.82. The number of carboxylic acid groups (broad SMARTS) is 1. The van der Waals surface area contributed by atoms with Gasteiger partial charge in [-0.1, -0.05) is 24.8 Å². The van der Waals surface area contributed by atoms with E-state index in [1.54, 1.807) is 0 Å². The van der Waals surface area contributed by atoms with Crippen LogP contribution in [0.5, 0.6) is 0 Å². The normalized spacial score (nSPS) is 30.5. The number of amides is 1. The molecule has 1 amide bonds. The Balaban J connectivity index is 2.13. The van der Waals surface area contributed by atoms with Crippen molar-refractivity contribution >= 4 is 12.1 Å². The number of nitrogens with zero attached hydrogens (tertiary/aromatic N) is 1. The molecule has 1 heterocycles. The number of hydrogen-bond donors (Lipinski definition) is 1. The van der Waals surface area contributed by atoms with Crippen LogP contribution in [-0.4, -0.2) is 40.8 Å². The van der Waals surface area contributed by atoms with Gasteiger partial charge in [0.15, 0.2) is 0 Å². The quantitative estimate of drug-likeness (QED) is 0.725. The van der Waals surface area contributed by atoms with Gasteiger partial charge in [0.1, 0.15) is 12.6 Å². The Hall–Kier alpha value is -1.78. The van der Waals surface area contributed by atoms with Crippen LogP contribution in [0.25, 0.3) is 0 Å². The lowest BCUT2D eigenvalue weighted by Crippen LogP contribution is -2.47. The van der Waals surface area contributed by atoms with Crippen molar-refractivity contribution < 1.29 is 19.4 Å². The number of ether oxygens (including phenoxy) is 1. The summed E-state index contributed by atoms with van der Waals surface area (Å²) in [4.78, 5) is 24.0.